The van der Waals surface area contributed by atoms with Gasteiger partial charge in [0.05, 0.1) is 0 Å². The topological polar surface area (TPSA) is 32.3 Å². The summed E-state index contributed by atoms with van der Waals surface area (Å²) in [4.78, 5) is 13.7. The first-order valence-electron chi connectivity index (χ1n) is 6.42. The molecule has 106 valence electrons. The number of benzene rings is 1. The molecule has 0 spiro atoms. The molecule has 0 fully saturated rings. The highest BCUT2D eigenvalue weighted by atomic mass is 19.1. The first kappa shape index (κ1) is 15.4. The fourth-order valence-electron chi connectivity index (χ4n) is 1.88. The van der Waals surface area contributed by atoms with E-state index >= 15 is 0 Å². The fraction of sp³-hybridized carbons (Fsp3) is 0.500. The first-order valence-corrected chi connectivity index (χ1v) is 6.42. The highest BCUT2D eigenvalue weighted by Gasteiger charge is 2.21. The van der Waals surface area contributed by atoms with Crippen LogP contribution in [0.15, 0.2) is 12.1 Å². The molecule has 1 rings (SSSR count). The summed E-state index contributed by atoms with van der Waals surface area (Å²) in [6, 6.07) is 1.88. The minimum atomic E-state index is -0.692. The van der Waals surface area contributed by atoms with Gasteiger partial charge in [0.15, 0.2) is 5.82 Å². The Hall–Kier alpha value is -1.65. The van der Waals surface area contributed by atoms with E-state index in [-0.39, 0.29) is 11.6 Å². The summed E-state index contributed by atoms with van der Waals surface area (Å²) >= 11 is 0. The van der Waals surface area contributed by atoms with Crippen molar-refractivity contribution in [3.8, 4) is 0 Å². The van der Waals surface area contributed by atoms with Crippen molar-refractivity contribution in [2.75, 3.05) is 18.4 Å². The predicted octanol–water partition coefficient (Wildman–Crippen LogP) is 2.94. The van der Waals surface area contributed by atoms with Crippen LogP contribution in [0, 0.1) is 18.6 Å². The Morgan fingerprint density at radius 3 is 2.42 bits per heavy atom. The molecule has 1 atom stereocenters. The number of amides is 1. The molecule has 0 aliphatic heterocycles. The highest BCUT2D eigenvalue weighted by molar-refractivity contribution is 5.84. The largest absolute Gasteiger partial charge is 0.369 e. The van der Waals surface area contributed by atoms with Crippen molar-refractivity contribution in [2.45, 2.75) is 33.7 Å². The number of likely N-dealkylation sites (N-methyl/N-ethyl adjacent to an activating group) is 1. The third-order valence-electron chi connectivity index (χ3n) is 3.09. The molecule has 1 N–H and O–H groups in total. The zero-order chi connectivity index (χ0) is 14.6. The van der Waals surface area contributed by atoms with Crippen molar-refractivity contribution in [3.05, 3.63) is 29.3 Å². The van der Waals surface area contributed by atoms with Gasteiger partial charge < -0.3 is 10.2 Å². The molecule has 3 nitrogen and oxygen atoms in total. The van der Waals surface area contributed by atoms with Gasteiger partial charge in [-0.1, -0.05) is 6.07 Å². The van der Waals surface area contributed by atoms with Crippen molar-refractivity contribution in [3.63, 3.8) is 0 Å². The van der Waals surface area contributed by atoms with Crippen LogP contribution in [0.5, 0.6) is 0 Å². The zero-order valence-electron chi connectivity index (χ0n) is 11.8. The van der Waals surface area contributed by atoms with Gasteiger partial charge in [0, 0.05) is 13.1 Å². The average molecular weight is 270 g/mol. The standard InChI is InChI=1S/C14H20F2N2O/c1-5-18(6-2)14(19)10(4)17-13-11(15)8-7-9(3)12(13)16/h7-8,10,17H,5-6H2,1-4H3. The van der Waals surface area contributed by atoms with Gasteiger partial charge in [0.2, 0.25) is 5.91 Å². The zero-order valence-corrected chi connectivity index (χ0v) is 11.8. The van der Waals surface area contributed by atoms with Gasteiger partial charge in [-0.05, 0) is 39.3 Å². The van der Waals surface area contributed by atoms with Gasteiger partial charge in [-0.25, -0.2) is 8.78 Å². The van der Waals surface area contributed by atoms with E-state index in [1.807, 2.05) is 13.8 Å². The molecular weight excluding hydrogens is 250 g/mol. The van der Waals surface area contributed by atoms with Crippen molar-refractivity contribution in [1.29, 1.82) is 0 Å². The van der Waals surface area contributed by atoms with Crippen LogP contribution in [0.2, 0.25) is 0 Å². The molecule has 1 unspecified atom stereocenters. The summed E-state index contributed by atoms with van der Waals surface area (Å²) in [6.45, 7) is 8.02. The van der Waals surface area contributed by atoms with Crippen LogP contribution in [0.3, 0.4) is 0 Å². The quantitative estimate of drug-likeness (QED) is 0.892. The van der Waals surface area contributed by atoms with Crippen LogP contribution in [-0.2, 0) is 4.79 Å². The maximum absolute atomic E-state index is 13.8. The van der Waals surface area contributed by atoms with E-state index in [4.69, 9.17) is 0 Å². The van der Waals surface area contributed by atoms with Gasteiger partial charge in [-0.15, -0.1) is 0 Å². The monoisotopic (exact) mass is 270 g/mol. The molecular formula is C14H20F2N2O. The van der Waals surface area contributed by atoms with Crippen LogP contribution in [-0.4, -0.2) is 29.9 Å². The Morgan fingerprint density at radius 2 is 1.89 bits per heavy atom. The lowest BCUT2D eigenvalue weighted by atomic mass is 10.1. The summed E-state index contributed by atoms with van der Waals surface area (Å²) < 4.78 is 27.4. The minimum absolute atomic E-state index is 0.176. The number of halogens is 2. The molecule has 0 bridgehead atoms. The number of rotatable bonds is 5. The second-order valence-corrected chi connectivity index (χ2v) is 4.43. The molecule has 1 aromatic rings. The van der Waals surface area contributed by atoms with Crippen LogP contribution in [0.25, 0.3) is 0 Å². The molecule has 0 radical (unpaired) electrons. The maximum Gasteiger partial charge on any atom is 0.244 e. The minimum Gasteiger partial charge on any atom is -0.369 e. The molecule has 0 saturated carbocycles. The van der Waals surface area contributed by atoms with E-state index in [1.54, 1.807) is 18.7 Å². The molecule has 0 saturated heterocycles. The Morgan fingerprint density at radius 1 is 1.32 bits per heavy atom. The molecule has 0 aromatic heterocycles. The maximum atomic E-state index is 13.8. The Kier molecular flexibility index (Phi) is 5.27. The van der Waals surface area contributed by atoms with Gasteiger partial charge in [-0.2, -0.15) is 0 Å². The molecule has 5 heteroatoms. The van der Waals surface area contributed by atoms with Gasteiger partial charge >= 0.3 is 0 Å². The van der Waals surface area contributed by atoms with Crippen LogP contribution < -0.4 is 5.32 Å². The predicted molar refractivity (Wildman–Crippen MR) is 72.1 cm³/mol. The van der Waals surface area contributed by atoms with Gasteiger partial charge in [0.1, 0.15) is 17.5 Å². The number of carbonyl (C=O) groups is 1. The lowest BCUT2D eigenvalue weighted by molar-refractivity contribution is -0.131. The normalized spacial score (nSPS) is 12.1. The second-order valence-electron chi connectivity index (χ2n) is 4.43. The molecule has 1 amide bonds. The molecule has 1 aromatic carbocycles. The Bertz CT molecular complexity index is 459. The van der Waals surface area contributed by atoms with Gasteiger partial charge in [0.25, 0.3) is 0 Å². The van der Waals surface area contributed by atoms with Gasteiger partial charge in [-0.3, -0.25) is 4.79 Å². The van der Waals surface area contributed by atoms with Crippen LogP contribution in [0.4, 0.5) is 14.5 Å². The summed E-state index contributed by atoms with van der Waals surface area (Å²) in [7, 11) is 0. The van der Waals surface area contributed by atoms with E-state index in [9.17, 15) is 13.6 Å². The number of nitrogens with one attached hydrogen (secondary N) is 1. The van der Waals surface area contributed by atoms with Crippen molar-refractivity contribution in [2.24, 2.45) is 0 Å². The summed E-state index contributed by atoms with van der Waals surface area (Å²) in [5, 5.41) is 2.63. The SMILES string of the molecule is CCN(CC)C(=O)C(C)Nc1c(F)ccc(C)c1F. The molecule has 0 aliphatic carbocycles. The number of anilines is 1. The number of aryl methyl sites for hydroxylation is 1. The smallest absolute Gasteiger partial charge is 0.244 e. The average Bonchev–Trinajstić information content (AvgIpc) is 2.40. The number of hydrogen-bond donors (Lipinski definition) is 1. The third-order valence-corrected chi connectivity index (χ3v) is 3.09. The van der Waals surface area contributed by atoms with Crippen molar-refractivity contribution >= 4 is 11.6 Å². The van der Waals surface area contributed by atoms with E-state index in [0.29, 0.717) is 18.7 Å². The molecule has 0 aliphatic rings. The lowest BCUT2D eigenvalue weighted by Gasteiger charge is -2.24. The van der Waals surface area contributed by atoms with E-state index in [1.165, 1.54) is 12.1 Å². The second kappa shape index (κ2) is 6.50. The Balaban J connectivity index is 2.91. The van der Waals surface area contributed by atoms with Crippen LogP contribution >= 0.6 is 0 Å². The van der Waals surface area contributed by atoms with E-state index < -0.39 is 17.7 Å². The van der Waals surface area contributed by atoms with E-state index in [0.717, 1.165) is 0 Å². The number of hydrogen-bond acceptors (Lipinski definition) is 2. The van der Waals surface area contributed by atoms with Crippen LogP contribution in [0.1, 0.15) is 26.3 Å². The first-order chi connectivity index (χ1) is 8.92. The highest BCUT2D eigenvalue weighted by Crippen LogP contribution is 2.22. The summed E-state index contributed by atoms with van der Waals surface area (Å²) in [5.41, 5.74) is 0.0967. The lowest BCUT2D eigenvalue weighted by Crippen LogP contribution is -2.41. The molecule has 0 heterocycles. The fourth-order valence-corrected chi connectivity index (χ4v) is 1.88. The summed E-state index contributed by atoms with van der Waals surface area (Å²) in [6.07, 6.45) is 0. The molecule has 19 heavy (non-hydrogen) atoms. The third kappa shape index (κ3) is 3.43. The Labute approximate surface area is 112 Å². The van der Waals surface area contributed by atoms with Crippen molar-refractivity contribution in [1.82, 2.24) is 4.90 Å². The number of nitrogens with zero attached hydrogens (tertiary/aromatic N) is 1. The summed E-state index contributed by atoms with van der Waals surface area (Å²) in [5.74, 6) is -1.52. The van der Waals surface area contributed by atoms with Crippen molar-refractivity contribution < 1.29 is 13.6 Å². The number of carbonyl (C=O) groups excluding carboxylic acids is 1. The van der Waals surface area contributed by atoms with E-state index in [2.05, 4.69) is 5.32 Å².